The van der Waals surface area contributed by atoms with Crippen molar-refractivity contribution in [1.29, 1.82) is 0 Å². The van der Waals surface area contributed by atoms with Gasteiger partial charge in [-0.05, 0) is 33.0 Å². The number of nitrogens with one attached hydrogen (secondary N) is 1. The number of benzene rings is 1. The second kappa shape index (κ2) is 6.50. The molecule has 6 heteroatoms. The fourth-order valence-electron chi connectivity index (χ4n) is 3.13. The summed E-state index contributed by atoms with van der Waals surface area (Å²) in [6, 6.07) is 7.76. The standard InChI is InChI=1S/C17H23N5O/c1-12-6-4-7-13(10-12)16(21(2)3)17(23)18-11-15-20-19-14-8-5-9-22(14)15/h4,6-7,10,16H,5,8-9,11H2,1-3H3,(H,18,23)/t16-/m1/s1. The van der Waals surface area contributed by atoms with Crippen LogP contribution in [0.25, 0.3) is 0 Å². The van der Waals surface area contributed by atoms with E-state index >= 15 is 0 Å². The number of aromatic nitrogens is 3. The van der Waals surface area contributed by atoms with Gasteiger partial charge in [0.25, 0.3) is 0 Å². The number of fused-ring (bicyclic) bond motifs is 1. The second-order valence-corrected chi connectivity index (χ2v) is 6.29. The number of hydrogen-bond donors (Lipinski definition) is 1. The SMILES string of the molecule is Cc1cccc([C@H](C(=O)NCc2nnc3n2CCC3)N(C)C)c1. The predicted molar refractivity (Wildman–Crippen MR) is 87.8 cm³/mol. The molecule has 1 N–H and O–H groups in total. The highest BCUT2D eigenvalue weighted by molar-refractivity contribution is 5.83. The lowest BCUT2D eigenvalue weighted by Gasteiger charge is -2.24. The average molecular weight is 313 g/mol. The Kier molecular flexibility index (Phi) is 4.43. The van der Waals surface area contributed by atoms with Gasteiger partial charge in [0.05, 0.1) is 6.54 Å². The van der Waals surface area contributed by atoms with Crippen molar-refractivity contribution >= 4 is 5.91 Å². The Morgan fingerprint density at radius 2 is 2.22 bits per heavy atom. The zero-order valence-electron chi connectivity index (χ0n) is 13.9. The highest BCUT2D eigenvalue weighted by atomic mass is 16.2. The molecule has 1 aliphatic rings. The van der Waals surface area contributed by atoms with Crippen LogP contribution in [0.15, 0.2) is 24.3 Å². The van der Waals surface area contributed by atoms with Gasteiger partial charge in [0.15, 0.2) is 5.82 Å². The summed E-state index contributed by atoms with van der Waals surface area (Å²) in [5.41, 5.74) is 2.15. The van der Waals surface area contributed by atoms with Crippen molar-refractivity contribution in [2.75, 3.05) is 14.1 Å². The lowest BCUT2D eigenvalue weighted by Crippen LogP contribution is -2.37. The van der Waals surface area contributed by atoms with Crippen molar-refractivity contribution in [3.8, 4) is 0 Å². The molecular formula is C17H23N5O. The van der Waals surface area contributed by atoms with Crippen molar-refractivity contribution in [1.82, 2.24) is 25.0 Å². The number of carbonyl (C=O) groups is 1. The molecule has 0 radical (unpaired) electrons. The summed E-state index contributed by atoms with van der Waals surface area (Å²) < 4.78 is 2.11. The van der Waals surface area contributed by atoms with Gasteiger partial charge in [0.1, 0.15) is 11.9 Å². The Morgan fingerprint density at radius 1 is 1.39 bits per heavy atom. The van der Waals surface area contributed by atoms with E-state index in [0.717, 1.165) is 42.2 Å². The molecule has 0 saturated carbocycles. The molecule has 1 aromatic heterocycles. The molecule has 0 unspecified atom stereocenters. The van der Waals surface area contributed by atoms with Crippen molar-refractivity contribution in [2.45, 2.75) is 38.9 Å². The van der Waals surface area contributed by atoms with Gasteiger partial charge in [-0.25, -0.2) is 0 Å². The molecule has 3 rings (SSSR count). The quantitative estimate of drug-likeness (QED) is 0.907. The van der Waals surface area contributed by atoms with Crippen LogP contribution >= 0.6 is 0 Å². The van der Waals surface area contributed by atoms with E-state index in [2.05, 4.69) is 26.1 Å². The van der Waals surface area contributed by atoms with Crippen LogP contribution in [-0.2, 0) is 24.3 Å². The van der Waals surface area contributed by atoms with Crippen LogP contribution in [0.2, 0.25) is 0 Å². The molecule has 0 bridgehead atoms. The van der Waals surface area contributed by atoms with E-state index in [0.29, 0.717) is 6.54 Å². The molecule has 0 saturated heterocycles. The van der Waals surface area contributed by atoms with Crippen LogP contribution in [0.1, 0.15) is 35.2 Å². The molecule has 1 atom stereocenters. The van der Waals surface area contributed by atoms with Gasteiger partial charge >= 0.3 is 0 Å². The Hall–Kier alpha value is -2.21. The summed E-state index contributed by atoms with van der Waals surface area (Å²) in [5, 5.41) is 11.4. The highest BCUT2D eigenvalue weighted by Gasteiger charge is 2.24. The third-order valence-corrected chi connectivity index (χ3v) is 4.23. The first-order chi connectivity index (χ1) is 11.1. The van der Waals surface area contributed by atoms with E-state index in [4.69, 9.17) is 0 Å². The molecule has 1 amide bonds. The lowest BCUT2D eigenvalue weighted by molar-refractivity contribution is -0.126. The monoisotopic (exact) mass is 313 g/mol. The zero-order valence-corrected chi connectivity index (χ0v) is 13.9. The topological polar surface area (TPSA) is 63.1 Å². The van der Waals surface area contributed by atoms with Crippen LogP contribution in [-0.4, -0.2) is 39.7 Å². The third kappa shape index (κ3) is 3.27. The predicted octanol–water partition coefficient (Wildman–Crippen LogP) is 1.45. The Balaban J connectivity index is 1.72. The van der Waals surface area contributed by atoms with Crippen molar-refractivity contribution in [2.24, 2.45) is 0 Å². The van der Waals surface area contributed by atoms with Crippen LogP contribution in [0.4, 0.5) is 0 Å². The van der Waals surface area contributed by atoms with E-state index in [1.54, 1.807) is 0 Å². The normalized spacial score (nSPS) is 14.8. The maximum atomic E-state index is 12.7. The first-order valence-electron chi connectivity index (χ1n) is 7.98. The smallest absolute Gasteiger partial charge is 0.242 e. The molecule has 122 valence electrons. The number of carbonyl (C=O) groups excluding carboxylic acids is 1. The molecule has 2 heterocycles. The first-order valence-corrected chi connectivity index (χ1v) is 7.98. The summed E-state index contributed by atoms with van der Waals surface area (Å²) >= 11 is 0. The molecule has 23 heavy (non-hydrogen) atoms. The number of likely N-dealkylation sites (N-methyl/N-ethyl adjacent to an activating group) is 1. The number of amides is 1. The second-order valence-electron chi connectivity index (χ2n) is 6.29. The Morgan fingerprint density at radius 3 is 2.96 bits per heavy atom. The summed E-state index contributed by atoms with van der Waals surface area (Å²) in [6.07, 6.45) is 2.08. The molecule has 0 fully saturated rings. The molecule has 0 spiro atoms. The molecule has 0 aliphatic carbocycles. The van der Waals surface area contributed by atoms with Crippen LogP contribution in [0, 0.1) is 6.92 Å². The summed E-state index contributed by atoms with van der Waals surface area (Å²) in [5.74, 6) is 1.85. The van der Waals surface area contributed by atoms with Crippen molar-refractivity contribution in [3.63, 3.8) is 0 Å². The fraction of sp³-hybridized carbons (Fsp3) is 0.471. The number of nitrogens with zero attached hydrogens (tertiary/aromatic N) is 4. The minimum absolute atomic E-state index is 0.0176. The van der Waals surface area contributed by atoms with Gasteiger partial charge in [-0.15, -0.1) is 10.2 Å². The molecule has 1 aromatic carbocycles. The van der Waals surface area contributed by atoms with Crippen LogP contribution in [0.5, 0.6) is 0 Å². The van der Waals surface area contributed by atoms with E-state index in [1.165, 1.54) is 0 Å². The van der Waals surface area contributed by atoms with Gasteiger partial charge in [-0.1, -0.05) is 29.8 Å². The lowest BCUT2D eigenvalue weighted by atomic mass is 10.0. The first kappa shape index (κ1) is 15.7. The average Bonchev–Trinajstić information content (AvgIpc) is 3.08. The number of hydrogen-bond acceptors (Lipinski definition) is 4. The van der Waals surface area contributed by atoms with Crippen LogP contribution < -0.4 is 5.32 Å². The zero-order chi connectivity index (χ0) is 16.4. The van der Waals surface area contributed by atoms with Crippen molar-refractivity contribution < 1.29 is 4.79 Å². The van der Waals surface area contributed by atoms with E-state index in [1.807, 2.05) is 44.1 Å². The maximum absolute atomic E-state index is 12.7. The number of aryl methyl sites for hydroxylation is 2. The van der Waals surface area contributed by atoms with Gasteiger partial charge in [0, 0.05) is 13.0 Å². The van der Waals surface area contributed by atoms with Gasteiger partial charge in [-0.2, -0.15) is 0 Å². The molecule has 2 aromatic rings. The summed E-state index contributed by atoms with van der Waals surface area (Å²) in [4.78, 5) is 14.6. The van der Waals surface area contributed by atoms with E-state index in [9.17, 15) is 4.79 Å². The largest absolute Gasteiger partial charge is 0.347 e. The van der Waals surface area contributed by atoms with Gasteiger partial charge < -0.3 is 9.88 Å². The van der Waals surface area contributed by atoms with Crippen molar-refractivity contribution in [3.05, 3.63) is 47.0 Å². The summed E-state index contributed by atoms with van der Waals surface area (Å²) in [6.45, 7) is 3.40. The highest BCUT2D eigenvalue weighted by Crippen LogP contribution is 2.20. The molecular weight excluding hydrogens is 290 g/mol. The minimum atomic E-state index is -0.309. The maximum Gasteiger partial charge on any atom is 0.242 e. The van der Waals surface area contributed by atoms with Gasteiger partial charge in [-0.3, -0.25) is 9.69 Å². The molecule has 6 nitrogen and oxygen atoms in total. The fourth-order valence-corrected chi connectivity index (χ4v) is 3.13. The minimum Gasteiger partial charge on any atom is -0.347 e. The van der Waals surface area contributed by atoms with Crippen LogP contribution in [0.3, 0.4) is 0 Å². The number of rotatable bonds is 5. The summed E-state index contributed by atoms with van der Waals surface area (Å²) in [7, 11) is 3.84. The van der Waals surface area contributed by atoms with Gasteiger partial charge in [0.2, 0.25) is 5.91 Å². The molecule has 1 aliphatic heterocycles. The van der Waals surface area contributed by atoms with E-state index in [-0.39, 0.29) is 11.9 Å². The Labute approximate surface area is 136 Å². The third-order valence-electron chi connectivity index (χ3n) is 4.23. The Bertz CT molecular complexity index is 707. The van der Waals surface area contributed by atoms with E-state index < -0.39 is 0 Å².